The molecular weight excluding hydrogens is 318 g/mol. The van der Waals surface area contributed by atoms with E-state index in [1.165, 1.54) is 11.3 Å². The maximum Gasteiger partial charge on any atom is 0.261 e. The van der Waals surface area contributed by atoms with Crippen LogP contribution in [0.2, 0.25) is 0 Å². The van der Waals surface area contributed by atoms with Crippen molar-refractivity contribution in [2.75, 3.05) is 0 Å². The summed E-state index contributed by atoms with van der Waals surface area (Å²) in [6.07, 6.45) is 0. The Kier molecular flexibility index (Phi) is 5.29. The highest BCUT2D eigenvalue weighted by molar-refractivity contribution is 7.12. The van der Waals surface area contributed by atoms with Gasteiger partial charge >= 0.3 is 0 Å². The highest BCUT2D eigenvalue weighted by Crippen LogP contribution is 2.19. The van der Waals surface area contributed by atoms with Gasteiger partial charge in [-0.05, 0) is 36.1 Å². The van der Waals surface area contributed by atoms with E-state index in [1.54, 1.807) is 0 Å². The molecule has 0 bridgehead atoms. The fraction of sp³-hybridized carbons (Fsp3) is 0.150. The lowest BCUT2D eigenvalue weighted by Gasteiger charge is -2.13. The Morgan fingerprint density at radius 3 is 2.46 bits per heavy atom. The Balaban J connectivity index is 1.57. The molecule has 3 aromatic rings. The third-order valence-electron chi connectivity index (χ3n) is 3.67. The van der Waals surface area contributed by atoms with Gasteiger partial charge in [0, 0.05) is 5.56 Å². The number of carbonyl (C=O) groups is 1. The minimum absolute atomic E-state index is 0.0233. The van der Waals surface area contributed by atoms with Gasteiger partial charge in [0.15, 0.2) is 0 Å². The van der Waals surface area contributed by atoms with Crippen LogP contribution < -0.4 is 10.1 Å². The van der Waals surface area contributed by atoms with Crippen LogP contribution in [0.15, 0.2) is 72.1 Å². The molecule has 3 nitrogen and oxygen atoms in total. The van der Waals surface area contributed by atoms with Crippen LogP contribution in [0.5, 0.6) is 5.75 Å². The van der Waals surface area contributed by atoms with E-state index in [0.29, 0.717) is 11.5 Å². The summed E-state index contributed by atoms with van der Waals surface area (Å²) < 4.78 is 5.71. The fourth-order valence-electron chi connectivity index (χ4n) is 2.35. The molecule has 1 N–H and O–H groups in total. The van der Waals surface area contributed by atoms with Gasteiger partial charge in [-0.3, -0.25) is 4.79 Å². The molecule has 0 radical (unpaired) electrons. The first-order valence-corrected chi connectivity index (χ1v) is 8.71. The molecule has 1 atom stereocenters. The van der Waals surface area contributed by atoms with Crippen molar-refractivity contribution in [3.8, 4) is 5.75 Å². The molecule has 0 aliphatic carbocycles. The second-order valence-corrected chi connectivity index (χ2v) is 6.44. The Morgan fingerprint density at radius 1 is 1.08 bits per heavy atom. The van der Waals surface area contributed by atoms with Gasteiger partial charge in [-0.1, -0.05) is 48.5 Å². The molecular formula is C20H19NO2S. The zero-order valence-corrected chi connectivity index (χ0v) is 14.3. The number of para-hydroxylation sites is 1. The van der Waals surface area contributed by atoms with Crippen molar-refractivity contribution in [1.29, 1.82) is 0 Å². The molecule has 1 aromatic heterocycles. The topological polar surface area (TPSA) is 38.3 Å². The quantitative estimate of drug-likeness (QED) is 0.700. The number of carbonyl (C=O) groups excluding carboxylic acids is 1. The second kappa shape index (κ2) is 7.79. The summed E-state index contributed by atoms with van der Waals surface area (Å²) in [6, 6.07) is 21.5. The summed E-state index contributed by atoms with van der Waals surface area (Å²) in [5, 5.41) is 4.99. The predicted octanol–water partition coefficient (Wildman–Crippen LogP) is 4.82. The minimum atomic E-state index is -0.0534. The fourth-order valence-corrected chi connectivity index (χ4v) is 3.15. The maximum atomic E-state index is 12.4. The van der Waals surface area contributed by atoms with Crippen LogP contribution in [0.4, 0.5) is 0 Å². The normalized spacial score (nSPS) is 11.7. The summed E-state index contributed by atoms with van der Waals surface area (Å²) in [7, 11) is 0. The van der Waals surface area contributed by atoms with Crippen molar-refractivity contribution in [2.45, 2.75) is 19.6 Å². The molecule has 2 aromatic carbocycles. The number of hydrogen-bond acceptors (Lipinski definition) is 3. The van der Waals surface area contributed by atoms with Crippen LogP contribution in [0.1, 0.15) is 33.8 Å². The molecule has 1 heterocycles. The zero-order valence-electron chi connectivity index (χ0n) is 13.4. The number of thiophene rings is 1. The van der Waals surface area contributed by atoms with E-state index in [0.717, 1.165) is 16.9 Å². The predicted molar refractivity (Wildman–Crippen MR) is 97.4 cm³/mol. The molecule has 1 amide bonds. The Hall–Kier alpha value is -2.59. The molecule has 0 saturated heterocycles. The zero-order chi connectivity index (χ0) is 16.8. The lowest BCUT2D eigenvalue weighted by atomic mass is 10.1. The van der Waals surface area contributed by atoms with Crippen molar-refractivity contribution >= 4 is 17.2 Å². The van der Waals surface area contributed by atoms with E-state index < -0.39 is 0 Å². The van der Waals surface area contributed by atoms with Gasteiger partial charge in [0.25, 0.3) is 5.91 Å². The van der Waals surface area contributed by atoms with Crippen LogP contribution in [0.3, 0.4) is 0 Å². The largest absolute Gasteiger partial charge is 0.489 e. The van der Waals surface area contributed by atoms with Gasteiger partial charge in [-0.15, -0.1) is 11.3 Å². The van der Waals surface area contributed by atoms with Crippen LogP contribution in [0, 0.1) is 0 Å². The van der Waals surface area contributed by atoms with Crippen LogP contribution >= 0.6 is 11.3 Å². The van der Waals surface area contributed by atoms with Gasteiger partial charge in [0.2, 0.25) is 0 Å². The summed E-state index contributed by atoms with van der Waals surface area (Å²) in [5.74, 6) is 0.773. The number of benzene rings is 2. The monoisotopic (exact) mass is 337 g/mol. The van der Waals surface area contributed by atoms with Crippen molar-refractivity contribution in [3.63, 3.8) is 0 Å². The standard InChI is InChI=1S/C20H19NO2S/c1-15(17-8-4-2-5-9-17)21-20(22)19-12-16(14-24-19)13-23-18-10-6-3-7-11-18/h2-12,14-15H,13H2,1H3,(H,21,22). The highest BCUT2D eigenvalue weighted by atomic mass is 32.1. The Morgan fingerprint density at radius 2 is 1.75 bits per heavy atom. The third-order valence-corrected chi connectivity index (χ3v) is 4.65. The van der Waals surface area contributed by atoms with Gasteiger partial charge in [0.1, 0.15) is 12.4 Å². The van der Waals surface area contributed by atoms with Crippen molar-refractivity contribution in [3.05, 3.63) is 88.1 Å². The molecule has 4 heteroatoms. The Labute approximate surface area is 145 Å². The van der Waals surface area contributed by atoms with Gasteiger partial charge < -0.3 is 10.1 Å². The summed E-state index contributed by atoms with van der Waals surface area (Å²) >= 11 is 1.44. The molecule has 0 fully saturated rings. The third kappa shape index (κ3) is 4.24. The van der Waals surface area contributed by atoms with Gasteiger partial charge in [-0.2, -0.15) is 0 Å². The summed E-state index contributed by atoms with van der Waals surface area (Å²) in [5.41, 5.74) is 2.09. The van der Waals surface area contributed by atoms with E-state index in [4.69, 9.17) is 4.74 Å². The van der Waals surface area contributed by atoms with E-state index in [2.05, 4.69) is 5.32 Å². The molecule has 0 saturated carbocycles. The Bertz CT molecular complexity index is 784. The molecule has 1 unspecified atom stereocenters. The number of rotatable bonds is 6. The van der Waals surface area contributed by atoms with E-state index in [-0.39, 0.29) is 11.9 Å². The first-order valence-electron chi connectivity index (χ1n) is 7.83. The molecule has 3 rings (SSSR count). The molecule has 0 spiro atoms. The minimum Gasteiger partial charge on any atom is -0.489 e. The van der Waals surface area contributed by atoms with Gasteiger partial charge in [-0.25, -0.2) is 0 Å². The average Bonchev–Trinajstić information content (AvgIpc) is 3.11. The van der Waals surface area contributed by atoms with Crippen molar-refractivity contribution < 1.29 is 9.53 Å². The molecule has 0 aliphatic heterocycles. The lowest BCUT2D eigenvalue weighted by molar-refractivity contribution is 0.0944. The van der Waals surface area contributed by atoms with Gasteiger partial charge in [0.05, 0.1) is 10.9 Å². The second-order valence-electron chi connectivity index (χ2n) is 5.53. The number of ether oxygens (including phenoxy) is 1. The van der Waals surface area contributed by atoms with Crippen LogP contribution in [0.25, 0.3) is 0 Å². The van der Waals surface area contributed by atoms with E-state index in [1.807, 2.05) is 79.0 Å². The van der Waals surface area contributed by atoms with E-state index in [9.17, 15) is 4.79 Å². The maximum absolute atomic E-state index is 12.4. The number of nitrogens with one attached hydrogen (secondary N) is 1. The van der Waals surface area contributed by atoms with Crippen molar-refractivity contribution in [1.82, 2.24) is 5.32 Å². The lowest BCUT2D eigenvalue weighted by Crippen LogP contribution is -2.25. The molecule has 122 valence electrons. The SMILES string of the molecule is CC(NC(=O)c1cc(COc2ccccc2)cs1)c1ccccc1. The smallest absolute Gasteiger partial charge is 0.261 e. The van der Waals surface area contributed by atoms with Crippen molar-refractivity contribution in [2.24, 2.45) is 0 Å². The number of amides is 1. The first kappa shape index (κ1) is 16.3. The molecule has 24 heavy (non-hydrogen) atoms. The summed E-state index contributed by atoms with van der Waals surface area (Å²) in [6.45, 7) is 2.45. The highest BCUT2D eigenvalue weighted by Gasteiger charge is 2.13. The summed E-state index contributed by atoms with van der Waals surface area (Å²) in [4.78, 5) is 13.1. The van der Waals surface area contributed by atoms with Crippen LogP contribution in [-0.4, -0.2) is 5.91 Å². The molecule has 0 aliphatic rings. The van der Waals surface area contributed by atoms with Crippen LogP contribution in [-0.2, 0) is 6.61 Å². The average molecular weight is 337 g/mol. The number of hydrogen-bond donors (Lipinski definition) is 1. The first-order chi connectivity index (χ1) is 11.7. The van der Waals surface area contributed by atoms with E-state index >= 15 is 0 Å².